The standard InChI is InChI=1S/C23H18N2O/c1-16-12-13-19-18-10-6-7-11-20(18)26-22(19)21(16)23-24(2)14-15-25(23)17-8-4-3-5-9-17/h3-14H,1-2H3. The molecule has 0 radical (unpaired) electrons. The van der Waals surface area contributed by atoms with Crippen LogP contribution < -0.4 is 4.57 Å². The number of furan rings is 1. The van der Waals surface area contributed by atoms with E-state index >= 15 is 0 Å². The SMILES string of the molecule is Cc1ccc2c(oc3ccccc32)c1-c1n(C)c[c-][n+]1-c1ccccc1. The number of nitrogens with zero attached hydrogens (tertiary/aromatic N) is 2. The monoisotopic (exact) mass is 338 g/mol. The zero-order chi connectivity index (χ0) is 17.7. The van der Waals surface area contributed by atoms with Gasteiger partial charge in [0, 0.05) is 16.5 Å². The highest BCUT2D eigenvalue weighted by molar-refractivity contribution is 6.09. The van der Waals surface area contributed by atoms with Gasteiger partial charge in [0.15, 0.2) is 5.82 Å². The molecule has 3 aromatic carbocycles. The number of aromatic nitrogens is 2. The molecule has 3 heteroatoms. The molecule has 2 heterocycles. The molecule has 0 spiro atoms. The average Bonchev–Trinajstić information content (AvgIpc) is 3.23. The summed E-state index contributed by atoms with van der Waals surface area (Å²) in [4.78, 5) is 0. The summed E-state index contributed by atoms with van der Waals surface area (Å²) in [6, 6.07) is 22.8. The number of fused-ring (bicyclic) bond motifs is 3. The summed E-state index contributed by atoms with van der Waals surface area (Å²) in [6.07, 6.45) is 5.31. The Balaban J connectivity index is 1.89. The Kier molecular flexibility index (Phi) is 3.22. The smallest absolute Gasteiger partial charge is 0.189 e. The van der Waals surface area contributed by atoms with Crippen LogP contribution in [0.3, 0.4) is 0 Å². The highest BCUT2D eigenvalue weighted by Gasteiger charge is 2.19. The van der Waals surface area contributed by atoms with Crippen LogP contribution in [0.1, 0.15) is 5.56 Å². The van der Waals surface area contributed by atoms with Crippen molar-refractivity contribution in [1.82, 2.24) is 4.57 Å². The first-order valence-electron chi connectivity index (χ1n) is 8.70. The lowest BCUT2D eigenvalue weighted by atomic mass is 10.0. The second-order valence-electron chi connectivity index (χ2n) is 6.60. The van der Waals surface area contributed by atoms with E-state index in [9.17, 15) is 0 Å². The third kappa shape index (κ3) is 2.10. The molecule has 3 nitrogen and oxygen atoms in total. The zero-order valence-electron chi connectivity index (χ0n) is 14.7. The van der Waals surface area contributed by atoms with Crippen LogP contribution in [0.2, 0.25) is 0 Å². The molecular weight excluding hydrogens is 320 g/mol. The van der Waals surface area contributed by atoms with Crippen molar-refractivity contribution < 1.29 is 8.98 Å². The first-order chi connectivity index (χ1) is 12.7. The Morgan fingerprint density at radius 3 is 2.50 bits per heavy atom. The van der Waals surface area contributed by atoms with E-state index in [1.807, 2.05) is 43.6 Å². The number of para-hydroxylation sites is 2. The van der Waals surface area contributed by atoms with E-state index in [0.29, 0.717) is 0 Å². The van der Waals surface area contributed by atoms with Crippen LogP contribution in [-0.2, 0) is 7.05 Å². The molecular formula is C23H18N2O. The van der Waals surface area contributed by atoms with Gasteiger partial charge >= 0.3 is 0 Å². The molecule has 5 aromatic rings. The minimum absolute atomic E-state index is 0.916. The highest BCUT2D eigenvalue weighted by Crippen LogP contribution is 2.36. The van der Waals surface area contributed by atoms with Gasteiger partial charge in [0.1, 0.15) is 11.2 Å². The van der Waals surface area contributed by atoms with Crippen LogP contribution in [0, 0.1) is 13.1 Å². The summed E-state index contributed by atoms with van der Waals surface area (Å²) < 4.78 is 10.5. The van der Waals surface area contributed by atoms with Crippen LogP contribution in [0.25, 0.3) is 39.0 Å². The van der Waals surface area contributed by atoms with Crippen molar-refractivity contribution in [2.24, 2.45) is 7.05 Å². The number of benzene rings is 3. The molecule has 0 bridgehead atoms. The maximum absolute atomic E-state index is 6.29. The molecule has 0 aliphatic rings. The first-order valence-corrected chi connectivity index (χ1v) is 8.70. The van der Waals surface area contributed by atoms with Crippen LogP contribution in [0.4, 0.5) is 0 Å². The Morgan fingerprint density at radius 2 is 1.65 bits per heavy atom. The van der Waals surface area contributed by atoms with Crippen molar-refractivity contribution in [3.8, 4) is 17.1 Å². The van der Waals surface area contributed by atoms with Gasteiger partial charge in [-0.1, -0.05) is 60.7 Å². The van der Waals surface area contributed by atoms with Gasteiger partial charge in [0.2, 0.25) is 0 Å². The van der Waals surface area contributed by atoms with E-state index in [-0.39, 0.29) is 0 Å². The second kappa shape index (κ2) is 5.60. The molecule has 0 amide bonds. The molecule has 126 valence electrons. The minimum Gasteiger partial charge on any atom is -0.456 e. The van der Waals surface area contributed by atoms with Crippen molar-refractivity contribution >= 4 is 21.9 Å². The Labute approximate surface area is 151 Å². The quantitative estimate of drug-likeness (QED) is 0.329. The van der Waals surface area contributed by atoms with E-state index in [0.717, 1.165) is 39.0 Å². The average molecular weight is 338 g/mol. The third-order valence-corrected chi connectivity index (χ3v) is 4.92. The van der Waals surface area contributed by atoms with E-state index in [2.05, 4.69) is 58.7 Å². The maximum Gasteiger partial charge on any atom is 0.189 e. The van der Waals surface area contributed by atoms with Crippen LogP contribution in [0.15, 0.2) is 77.3 Å². The Bertz CT molecular complexity index is 1250. The van der Waals surface area contributed by atoms with Gasteiger partial charge in [-0.2, -0.15) is 0 Å². The molecule has 0 unspecified atom stereocenters. The third-order valence-electron chi connectivity index (χ3n) is 4.92. The van der Waals surface area contributed by atoms with E-state index in [4.69, 9.17) is 4.42 Å². The summed E-state index contributed by atoms with van der Waals surface area (Å²) >= 11 is 0. The number of hydrogen-bond acceptors (Lipinski definition) is 1. The summed E-state index contributed by atoms with van der Waals surface area (Å²) in [5.41, 5.74) is 5.20. The predicted molar refractivity (Wildman–Crippen MR) is 103 cm³/mol. The molecule has 0 aliphatic carbocycles. The predicted octanol–water partition coefficient (Wildman–Crippen LogP) is 4.98. The number of aryl methyl sites for hydroxylation is 2. The topological polar surface area (TPSA) is 21.9 Å². The normalized spacial score (nSPS) is 11.5. The summed E-state index contributed by atoms with van der Waals surface area (Å²) in [7, 11) is 2.05. The lowest BCUT2D eigenvalue weighted by molar-refractivity contribution is -0.587. The van der Waals surface area contributed by atoms with Crippen molar-refractivity contribution in [1.29, 1.82) is 0 Å². The van der Waals surface area contributed by atoms with Gasteiger partial charge < -0.3 is 8.98 Å². The fraction of sp³-hybridized carbons (Fsp3) is 0.0870. The van der Waals surface area contributed by atoms with Crippen molar-refractivity contribution in [3.05, 3.63) is 84.7 Å². The maximum atomic E-state index is 6.29. The fourth-order valence-corrected chi connectivity index (χ4v) is 3.65. The molecule has 0 fully saturated rings. The Hall–Kier alpha value is -3.33. The Morgan fingerprint density at radius 1 is 0.885 bits per heavy atom. The molecule has 5 rings (SSSR count). The van der Waals surface area contributed by atoms with Crippen LogP contribution in [-0.4, -0.2) is 4.57 Å². The number of imidazole rings is 1. The van der Waals surface area contributed by atoms with E-state index in [1.54, 1.807) is 0 Å². The summed E-state index contributed by atoms with van der Waals surface area (Å²) in [5.74, 6) is 1.05. The second-order valence-corrected chi connectivity index (χ2v) is 6.60. The van der Waals surface area contributed by atoms with E-state index < -0.39 is 0 Å². The lowest BCUT2D eigenvalue weighted by Gasteiger charge is -2.14. The van der Waals surface area contributed by atoms with E-state index in [1.165, 1.54) is 5.56 Å². The molecule has 0 atom stereocenters. The largest absolute Gasteiger partial charge is 0.456 e. The summed E-state index contributed by atoms with van der Waals surface area (Å²) in [6.45, 7) is 2.13. The van der Waals surface area contributed by atoms with Gasteiger partial charge in [-0.05, 0) is 18.6 Å². The van der Waals surface area contributed by atoms with Crippen LogP contribution >= 0.6 is 0 Å². The van der Waals surface area contributed by atoms with Gasteiger partial charge in [-0.15, -0.1) is 0 Å². The molecule has 0 N–H and O–H groups in total. The first kappa shape index (κ1) is 15.0. The molecule has 26 heavy (non-hydrogen) atoms. The van der Waals surface area contributed by atoms with Gasteiger partial charge in [-0.25, -0.2) is 0 Å². The molecule has 0 saturated carbocycles. The zero-order valence-corrected chi connectivity index (χ0v) is 14.7. The summed E-state index contributed by atoms with van der Waals surface area (Å²) in [5, 5.41) is 2.29. The van der Waals surface area contributed by atoms with Gasteiger partial charge in [-0.3, -0.25) is 4.57 Å². The van der Waals surface area contributed by atoms with Crippen LogP contribution in [0.5, 0.6) is 0 Å². The minimum atomic E-state index is 0.916. The van der Waals surface area contributed by atoms with Crippen molar-refractivity contribution in [2.75, 3.05) is 0 Å². The lowest BCUT2D eigenvalue weighted by Crippen LogP contribution is -2.32. The molecule has 0 saturated heterocycles. The molecule has 2 aromatic heterocycles. The molecule has 0 aliphatic heterocycles. The van der Waals surface area contributed by atoms with Gasteiger partial charge in [0.25, 0.3) is 0 Å². The highest BCUT2D eigenvalue weighted by atomic mass is 16.3. The number of rotatable bonds is 2. The van der Waals surface area contributed by atoms with Crippen molar-refractivity contribution in [3.63, 3.8) is 0 Å². The fourth-order valence-electron chi connectivity index (χ4n) is 3.65. The number of hydrogen-bond donors (Lipinski definition) is 0. The van der Waals surface area contributed by atoms with Crippen molar-refractivity contribution in [2.45, 2.75) is 6.92 Å². The van der Waals surface area contributed by atoms with Gasteiger partial charge in [0.05, 0.1) is 25.0 Å².